The topological polar surface area (TPSA) is 60.0 Å². The fraction of sp³-hybridized carbons (Fsp3) is 0.125. The van der Waals surface area contributed by atoms with Gasteiger partial charge in [0.15, 0.2) is 0 Å². The molecule has 0 saturated heterocycles. The Balaban J connectivity index is 1.39. The summed E-state index contributed by atoms with van der Waals surface area (Å²) in [6, 6.07) is 24.4. The monoisotopic (exact) mass is 427 g/mol. The van der Waals surface area contributed by atoms with Gasteiger partial charge < -0.3 is 4.52 Å². The Labute approximate surface area is 184 Å². The van der Waals surface area contributed by atoms with E-state index in [-0.39, 0.29) is 0 Å². The molecule has 3 aromatic heterocycles. The molecule has 0 bridgehead atoms. The van der Waals surface area contributed by atoms with Crippen molar-refractivity contribution in [2.45, 2.75) is 13.1 Å². The molecule has 5 aromatic rings. The van der Waals surface area contributed by atoms with Gasteiger partial charge in [-0.3, -0.25) is 4.90 Å². The first-order valence-corrected chi connectivity index (χ1v) is 10.9. The van der Waals surface area contributed by atoms with Crippen LogP contribution < -0.4 is 0 Å². The maximum absolute atomic E-state index is 5.47. The summed E-state index contributed by atoms with van der Waals surface area (Å²) in [4.78, 5) is 7.70. The van der Waals surface area contributed by atoms with Crippen molar-refractivity contribution in [2.75, 3.05) is 7.05 Å². The highest BCUT2D eigenvalue weighted by molar-refractivity contribution is 7.13. The van der Waals surface area contributed by atoms with Gasteiger partial charge in [0.1, 0.15) is 0 Å². The first-order valence-electron chi connectivity index (χ1n) is 10.0. The number of nitrogens with zero attached hydrogens (tertiary/aromatic N) is 5. The fourth-order valence-electron chi connectivity index (χ4n) is 3.48. The van der Waals surface area contributed by atoms with Gasteiger partial charge in [0.05, 0.1) is 22.8 Å². The molecule has 0 unspecified atom stereocenters. The lowest BCUT2D eigenvalue weighted by molar-refractivity contribution is 0.261. The van der Waals surface area contributed by atoms with Crippen LogP contribution in [-0.4, -0.2) is 31.9 Å². The van der Waals surface area contributed by atoms with Crippen molar-refractivity contribution in [3.63, 3.8) is 0 Å². The highest BCUT2D eigenvalue weighted by Gasteiger charge is 2.16. The van der Waals surface area contributed by atoms with Crippen molar-refractivity contribution >= 4 is 11.3 Å². The predicted molar refractivity (Wildman–Crippen MR) is 122 cm³/mol. The highest BCUT2D eigenvalue weighted by Crippen LogP contribution is 2.25. The van der Waals surface area contributed by atoms with Gasteiger partial charge in [-0.15, -0.1) is 11.3 Å². The summed E-state index contributed by atoms with van der Waals surface area (Å²) in [7, 11) is 2.05. The van der Waals surface area contributed by atoms with E-state index < -0.39 is 0 Å². The maximum Gasteiger partial charge on any atom is 0.241 e. The Morgan fingerprint density at radius 3 is 2.45 bits per heavy atom. The molecule has 0 aliphatic rings. The largest absolute Gasteiger partial charge is 0.338 e. The van der Waals surface area contributed by atoms with E-state index in [9.17, 15) is 0 Å². The molecule has 0 radical (unpaired) electrons. The van der Waals surface area contributed by atoms with Crippen LogP contribution in [-0.2, 0) is 13.1 Å². The summed E-state index contributed by atoms with van der Waals surface area (Å²) < 4.78 is 7.41. The van der Waals surface area contributed by atoms with Crippen LogP contribution in [0.3, 0.4) is 0 Å². The molecule has 0 spiro atoms. The van der Waals surface area contributed by atoms with Gasteiger partial charge in [-0.05, 0) is 30.6 Å². The van der Waals surface area contributed by atoms with Crippen molar-refractivity contribution in [3.05, 3.63) is 95.8 Å². The van der Waals surface area contributed by atoms with Crippen LogP contribution in [0.15, 0.2) is 88.9 Å². The molecule has 0 aliphatic heterocycles. The van der Waals surface area contributed by atoms with E-state index in [4.69, 9.17) is 9.62 Å². The van der Waals surface area contributed by atoms with E-state index in [2.05, 4.69) is 45.5 Å². The third-order valence-electron chi connectivity index (χ3n) is 4.91. The van der Waals surface area contributed by atoms with Crippen molar-refractivity contribution in [2.24, 2.45) is 0 Å². The van der Waals surface area contributed by atoms with Gasteiger partial charge in [0.2, 0.25) is 11.7 Å². The number of para-hydroxylation sites is 1. The Kier molecular flexibility index (Phi) is 5.43. The van der Waals surface area contributed by atoms with E-state index in [1.165, 1.54) is 0 Å². The molecular weight excluding hydrogens is 406 g/mol. The zero-order chi connectivity index (χ0) is 21.0. The van der Waals surface area contributed by atoms with Gasteiger partial charge >= 0.3 is 0 Å². The second-order valence-electron chi connectivity index (χ2n) is 7.31. The number of benzene rings is 2. The molecule has 0 atom stereocenters. The maximum atomic E-state index is 5.47. The minimum Gasteiger partial charge on any atom is -0.338 e. The van der Waals surface area contributed by atoms with Gasteiger partial charge in [-0.2, -0.15) is 10.1 Å². The van der Waals surface area contributed by atoms with E-state index in [1.807, 2.05) is 65.6 Å². The summed E-state index contributed by atoms with van der Waals surface area (Å²) in [6.45, 7) is 1.26. The molecule has 0 N–H and O–H groups in total. The third kappa shape index (κ3) is 4.33. The third-order valence-corrected chi connectivity index (χ3v) is 5.78. The molecule has 0 amide bonds. The summed E-state index contributed by atoms with van der Waals surface area (Å²) in [5, 5.41) is 11.0. The minimum absolute atomic E-state index is 0.559. The lowest BCUT2D eigenvalue weighted by Crippen LogP contribution is -2.17. The van der Waals surface area contributed by atoms with Crippen LogP contribution in [0.2, 0.25) is 0 Å². The molecule has 3 heterocycles. The second kappa shape index (κ2) is 8.67. The van der Waals surface area contributed by atoms with Crippen LogP contribution in [0, 0.1) is 0 Å². The summed E-state index contributed by atoms with van der Waals surface area (Å²) in [6.07, 6.45) is 2.10. The molecule has 0 aliphatic carbocycles. The highest BCUT2D eigenvalue weighted by atomic mass is 32.1. The standard InChI is InChI=1S/C24H21N5OS/c1-28(17-22-25-24(27-30-22)21-13-8-14-31-21)15-19-16-29(20-11-6-3-7-12-20)26-23(19)18-9-4-2-5-10-18/h2-14,16H,15,17H2,1H3. The number of rotatable bonds is 7. The van der Waals surface area contributed by atoms with Gasteiger partial charge in [0, 0.05) is 23.9 Å². The van der Waals surface area contributed by atoms with Crippen LogP contribution in [0.1, 0.15) is 11.5 Å². The molecule has 5 rings (SSSR count). The molecule has 154 valence electrons. The molecule has 2 aromatic carbocycles. The summed E-state index contributed by atoms with van der Waals surface area (Å²) in [5.41, 5.74) is 4.24. The number of hydrogen-bond donors (Lipinski definition) is 0. The normalized spacial score (nSPS) is 11.3. The molecule has 6 nitrogen and oxygen atoms in total. The van der Waals surface area contributed by atoms with Crippen LogP contribution >= 0.6 is 11.3 Å². The quantitative estimate of drug-likeness (QED) is 0.354. The molecule has 7 heteroatoms. The Morgan fingerprint density at radius 2 is 1.71 bits per heavy atom. The molecular formula is C24H21N5OS. The molecule has 0 saturated carbocycles. The number of hydrogen-bond acceptors (Lipinski definition) is 6. The van der Waals surface area contributed by atoms with Gasteiger partial charge in [-0.1, -0.05) is 59.8 Å². The van der Waals surface area contributed by atoms with E-state index >= 15 is 0 Å². The van der Waals surface area contributed by atoms with E-state index in [1.54, 1.807) is 11.3 Å². The van der Waals surface area contributed by atoms with Crippen LogP contribution in [0.5, 0.6) is 0 Å². The van der Waals surface area contributed by atoms with Crippen LogP contribution in [0.25, 0.3) is 27.6 Å². The number of thiophene rings is 1. The SMILES string of the molecule is CN(Cc1nc(-c2cccs2)no1)Cc1cn(-c2ccccc2)nc1-c1ccccc1. The first kappa shape index (κ1) is 19.4. The van der Waals surface area contributed by atoms with Crippen LogP contribution in [0.4, 0.5) is 0 Å². The Bertz CT molecular complexity index is 1250. The van der Waals surface area contributed by atoms with Crippen molar-refractivity contribution in [1.29, 1.82) is 0 Å². The Hall–Kier alpha value is -3.55. The van der Waals surface area contributed by atoms with Gasteiger partial charge in [0.25, 0.3) is 0 Å². The smallest absolute Gasteiger partial charge is 0.241 e. The van der Waals surface area contributed by atoms with E-state index in [0.717, 1.165) is 27.4 Å². The average Bonchev–Trinajstić information content (AvgIpc) is 3.56. The Morgan fingerprint density at radius 1 is 0.935 bits per heavy atom. The van der Waals surface area contributed by atoms with Crippen molar-refractivity contribution < 1.29 is 4.52 Å². The predicted octanol–water partition coefficient (Wildman–Crippen LogP) is 5.28. The zero-order valence-corrected chi connectivity index (χ0v) is 17.9. The fourth-order valence-corrected chi connectivity index (χ4v) is 4.13. The lowest BCUT2D eigenvalue weighted by atomic mass is 10.1. The summed E-state index contributed by atoms with van der Waals surface area (Å²) >= 11 is 1.60. The van der Waals surface area contributed by atoms with Crippen molar-refractivity contribution in [3.8, 4) is 27.6 Å². The molecule has 0 fully saturated rings. The first-order chi connectivity index (χ1) is 15.3. The molecule has 31 heavy (non-hydrogen) atoms. The van der Waals surface area contributed by atoms with Gasteiger partial charge in [-0.25, -0.2) is 4.68 Å². The number of aromatic nitrogens is 4. The average molecular weight is 428 g/mol. The summed E-state index contributed by atoms with van der Waals surface area (Å²) in [5.74, 6) is 1.24. The lowest BCUT2D eigenvalue weighted by Gasteiger charge is -2.13. The second-order valence-corrected chi connectivity index (χ2v) is 8.26. The zero-order valence-electron chi connectivity index (χ0n) is 17.0. The van der Waals surface area contributed by atoms with E-state index in [0.29, 0.717) is 24.8 Å². The minimum atomic E-state index is 0.559. The van der Waals surface area contributed by atoms with Crippen molar-refractivity contribution in [1.82, 2.24) is 24.8 Å².